The van der Waals surface area contributed by atoms with Crippen LogP contribution in [0.1, 0.15) is 24.5 Å². The minimum absolute atomic E-state index is 0. The number of hydrogen-bond donors (Lipinski definition) is 1. The fourth-order valence-electron chi connectivity index (χ4n) is 3.41. The molecule has 6 nitrogen and oxygen atoms in total. The summed E-state index contributed by atoms with van der Waals surface area (Å²) >= 11 is 0. The van der Waals surface area contributed by atoms with E-state index in [0.29, 0.717) is 12.5 Å². The van der Waals surface area contributed by atoms with E-state index >= 15 is 0 Å². The molecule has 3 rings (SSSR count). The van der Waals surface area contributed by atoms with Crippen LogP contribution in [0.15, 0.2) is 48.0 Å². The van der Waals surface area contributed by atoms with Crippen LogP contribution < -0.4 is 5.32 Å². The summed E-state index contributed by atoms with van der Waals surface area (Å²) < 4.78 is 7.38. The van der Waals surface area contributed by atoms with Crippen molar-refractivity contribution in [1.29, 1.82) is 0 Å². The summed E-state index contributed by atoms with van der Waals surface area (Å²) in [6, 6.07) is 8.62. The molecule has 0 aliphatic carbocycles. The van der Waals surface area contributed by atoms with Crippen LogP contribution in [0.3, 0.4) is 0 Å². The Labute approximate surface area is 179 Å². The Morgan fingerprint density at radius 2 is 2.22 bits per heavy atom. The molecule has 2 aromatic rings. The van der Waals surface area contributed by atoms with Gasteiger partial charge in [-0.05, 0) is 24.5 Å². The third-order valence-electron chi connectivity index (χ3n) is 4.65. The van der Waals surface area contributed by atoms with E-state index in [-0.39, 0.29) is 24.0 Å². The van der Waals surface area contributed by atoms with Gasteiger partial charge in [-0.15, -0.1) is 24.0 Å². The van der Waals surface area contributed by atoms with Crippen LogP contribution in [0.5, 0.6) is 0 Å². The van der Waals surface area contributed by atoms with E-state index in [0.717, 1.165) is 38.7 Å². The number of nitrogens with zero attached hydrogens (tertiary/aromatic N) is 4. The minimum atomic E-state index is 0. The second-order valence-electron chi connectivity index (χ2n) is 6.78. The maximum Gasteiger partial charge on any atom is 0.194 e. The van der Waals surface area contributed by atoms with Crippen molar-refractivity contribution in [1.82, 2.24) is 19.8 Å². The molecule has 148 valence electrons. The Hall–Kier alpha value is -1.61. The third-order valence-corrected chi connectivity index (χ3v) is 4.65. The van der Waals surface area contributed by atoms with Gasteiger partial charge in [0.15, 0.2) is 5.96 Å². The van der Waals surface area contributed by atoms with E-state index in [1.165, 1.54) is 17.5 Å². The van der Waals surface area contributed by atoms with Crippen molar-refractivity contribution < 1.29 is 4.74 Å². The van der Waals surface area contributed by atoms with Gasteiger partial charge in [-0.25, -0.2) is 9.98 Å². The second kappa shape index (κ2) is 11.3. The largest absolute Gasteiger partial charge is 0.384 e. The molecule has 1 aliphatic rings. The predicted molar refractivity (Wildman–Crippen MR) is 120 cm³/mol. The van der Waals surface area contributed by atoms with Gasteiger partial charge in [0.2, 0.25) is 0 Å². The number of hydrogen-bond acceptors (Lipinski definition) is 3. The first-order valence-electron chi connectivity index (χ1n) is 9.34. The molecule has 27 heavy (non-hydrogen) atoms. The van der Waals surface area contributed by atoms with E-state index in [9.17, 15) is 0 Å². The first kappa shape index (κ1) is 21.7. The third kappa shape index (κ3) is 6.49. The number of aromatic nitrogens is 2. The number of rotatable bonds is 7. The van der Waals surface area contributed by atoms with Crippen molar-refractivity contribution in [2.45, 2.75) is 26.4 Å². The van der Waals surface area contributed by atoms with Crippen LogP contribution >= 0.6 is 24.0 Å². The first-order valence-corrected chi connectivity index (χ1v) is 9.34. The Morgan fingerprint density at radius 3 is 2.96 bits per heavy atom. The van der Waals surface area contributed by atoms with Crippen molar-refractivity contribution in [2.24, 2.45) is 10.9 Å². The molecule has 0 spiro atoms. The highest BCUT2D eigenvalue weighted by Gasteiger charge is 2.24. The number of halogens is 1. The summed E-state index contributed by atoms with van der Waals surface area (Å²) in [5, 5.41) is 3.43. The molecule has 1 saturated heterocycles. The monoisotopic (exact) mass is 483 g/mol. The molecule has 2 heterocycles. The lowest BCUT2D eigenvalue weighted by atomic mass is 10.1. The SMILES string of the molecule is CCNC(=NCc1cccc(Cn2ccnc2)c1)N1CCC(COC)C1.I. The molecule has 1 unspecified atom stereocenters. The highest BCUT2D eigenvalue weighted by Crippen LogP contribution is 2.17. The van der Waals surface area contributed by atoms with Gasteiger partial charge in [0.05, 0.1) is 19.5 Å². The molecule has 0 bridgehead atoms. The molecule has 0 amide bonds. The van der Waals surface area contributed by atoms with Gasteiger partial charge < -0.3 is 19.5 Å². The van der Waals surface area contributed by atoms with E-state index in [1.54, 1.807) is 7.11 Å². The molecular formula is C20H30IN5O. The Bertz CT molecular complexity index is 704. The number of imidazole rings is 1. The van der Waals surface area contributed by atoms with Crippen molar-refractivity contribution in [3.8, 4) is 0 Å². The van der Waals surface area contributed by atoms with Gasteiger partial charge in [-0.2, -0.15) is 0 Å². The average Bonchev–Trinajstić information content (AvgIpc) is 3.31. The molecule has 1 N–H and O–H groups in total. The van der Waals surface area contributed by atoms with E-state index < -0.39 is 0 Å². The number of ether oxygens (including phenoxy) is 1. The summed E-state index contributed by atoms with van der Waals surface area (Å²) in [5.74, 6) is 1.61. The highest BCUT2D eigenvalue weighted by molar-refractivity contribution is 14.0. The molecule has 7 heteroatoms. The first-order chi connectivity index (χ1) is 12.8. The standard InChI is InChI=1S/C20H29N5O.HI/c1-3-22-20(25-9-7-19(14-25)15-26-2)23-12-17-5-4-6-18(11-17)13-24-10-8-21-16-24;/h4-6,8,10-11,16,19H,3,7,9,12-15H2,1-2H3,(H,22,23);1H. The fourth-order valence-corrected chi connectivity index (χ4v) is 3.41. The summed E-state index contributed by atoms with van der Waals surface area (Å²) in [6.07, 6.45) is 6.80. The smallest absolute Gasteiger partial charge is 0.194 e. The van der Waals surface area contributed by atoms with Gasteiger partial charge in [0.1, 0.15) is 0 Å². The number of aliphatic imine (C=N–C) groups is 1. The lowest BCUT2D eigenvalue weighted by Crippen LogP contribution is -2.40. The Morgan fingerprint density at radius 1 is 1.37 bits per heavy atom. The lowest BCUT2D eigenvalue weighted by Gasteiger charge is -2.21. The van der Waals surface area contributed by atoms with Crippen LogP contribution in [0, 0.1) is 5.92 Å². The lowest BCUT2D eigenvalue weighted by molar-refractivity contribution is 0.157. The van der Waals surface area contributed by atoms with E-state index in [2.05, 4.69) is 51.0 Å². The van der Waals surface area contributed by atoms with Crippen molar-refractivity contribution >= 4 is 29.9 Å². The number of likely N-dealkylation sites (tertiary alicyclic amines) is 1. The van der Waals surface area contributed by atoms with Gasteiger partial charge in [0, 0.05) is 51.6 Å². The average molecular weight is 483 g/mol. The zero-order chi connectivity index (χ0) is 18.2. The molecule has 0 radical (unpaired) electrons. The van der Waals surface area contributed by atoms with E-state index in [1.807, 2.05) is 18.7 Å². The number of methoxy groups -OCH3 is 1. The second-order valence-corrected chi connectivity index (χ2v) is 6.78. The molecule has 1 aromatic carbocycles. The Kier molecular flexibility index (Phi) is 9.06. The van der Waals surface area contributed by atoms with Crippen LogP contribution in [0.2, 0.25) is 0 Å². The molecule has 1 aromatic heterocycles. The molecular weight excluding hydrogens is 453 g/mol. The summed E-state index contributed by atoms with van der Waals surface area (Å²) in [4.78, 5) is 11.3. The number of nitrogens with one attached hydrogen (secondary N) is 1. The molecule has 1 atom stereocenters. The Balaban J connectivity index is 0.00000261. The van der Waals surface area contributed by atoms with Crippen molar-refractivity contribution in [2.75, 3.05) is 33.4 Å². The van der Waals surface area contributed by atoms with Crippen LogP contribution in [0.4, 0.5) is 0 Å². The van der Waals surface area contributed by atoms with Gasteiger partial charge >= 0.3 is 0 Å². The van der Waals surface area contributed by atoms with Crippen molar-refractivity contribution in [3.05, 3.63) is 54.1 Å². The van der Waals surface area contributed by atoms with Gasteiger partial charge in [-0.3, -0.25) is 0 Å². The van der Waals surface area contributed by atoms with Crippen LogP contribution in [-0.4, -0.2) is 53.8 Å². The predicted octanol–water partition coefficient (Wildman–Crippen LogP) is 2.98. The van der Waals surface area contributed by atoms with E-state index in [4.69, 9.17) is 9.73 Å². The van der Waals surface area contributed by atoms with Gasteiger partial charge in [-0.1, -0.05) is 24.3 Å². The fraction of sp³-hybridized carbons (Fsp3) is 0.500. The van der Waals surface area contributed by atoms with Crippen LogP contribution in [0.25, 0.3) is 0 Å². The molecule has 1 fully saturated rings. The van der Waals surface area contributed by atoms with Crippen molar-refractivity contribution in [3.63, 3.8) is 0 Å². The number of benzene rings is 1. The summed E-state index contributed by atoms with van der Waals surface area (Å²) in [5.41, 5.74) is 2.49. The quantitative estimate of drug-likeness (QED) is 0.374. The molecule has 1 aliphatic heterocycles. The number of guanidine groups is 1. The maximum atomic E-state index is 5.31. The molecule has 0 saturated carbocycles. The summed E-state index contributed by atoms with van der Waals surface area (Å²) in [6.45, 7) is 7.40. The zero-order valence-electron chi connectivity index (χ0n) is 16.2. The van der Waals surface area contributed by atoms with Crippen LogP contribution in [-0.2, 0) is 17.8 Å². The zero-order valence-corrected chi connectivity index (χ0v) is 18.5. The normalized spacial score (nSPS) is 17.0. The summed E-state index contributed by atoms with van der Waals surface area (Å²) in [7, 11) is 1.78. The topological polar surface area (TPSA) is 54.7 Å². The highest BCUT2D eigenvalue weighted by atomic mass is 127. The maximum absolute atomic E-state index is 5.31. The van der Waals surface area contributed by atoms with Gasteiger partial charge in [0.25, 0.3) is 0 Å². The minimum Gasteiger partial charge on any atom is -0.384 e.